The lowest BCUT2D eigenvalue weighted by atomic mass is 10.1. The molecule has 0 aliphatic rings. The van der Waals surface area contributed by atoms with Crippen molar-refractivity contribution in [3.63, 3.8) is 0 Å². The fourth-order valence-electron chi connectivity index (χ4n) is 1.84. The molecule has 0 spiro atoms. The van der Waals surface area contributed by atoms with Gasteiger partial charge < -0.3 is 9.52 Å². The molecule has 0 aliphatic carbocycles. The fourth-order valence-corrected chi connectivity index (χ4v) is 1.84. The van der Waals surface area contributed by atoms with Gasteiger partial charge in [-0.15, -0.1) is 0 Å². The minimum Gasteiger partial charge on any atom is -0.478 e. The van der Waals surface area contributed by atoms with Crippen LogP contribution in [0.1, 0.15) is 38.1 Å². The Morgan fingerprint density at radius 1 is 0.955 bits per heavy atom. The highest BCUT2D eigenvalue weighted by molar-refractivity contribution is 5.95. The molecule has 0 aliphatic heterocycles. The van der Waals surface area contributed by atoms with Crippen molar-refractivity contribution in [2.75, 3.05) is 0 Å². The zero-order valence-corrected chi connectivity index (χ0v) is 13.3. The minimum atomic E-state index is -0.993. The third-order valence-corrected chi connectivity index (χ3v) is 2.68. The first-order valence-electron chi connectivity index (χ1n) is 7.44. The van der Waals surface area contributed by atoms with E-state index in [1.807, 2.05) is 45.9 Å². The molecule has 0 fully saturated rings. The van der Waals surface area contributed by atoms with E-state index in [0.29, 0.717) is 22.6 Å². The molecular formula is C18H21NO3. The Morgan fingerprint density at radius 3 is 2.18 bits per heavy atom. The van der Waals surface area contributed by atoms with Gasteiger partial charge in [-0.25, -0.2) is 9.78 Å². The van der Waals surface area contributed by atoms with Gasteiger partial charge >= 0.3 is 5.97 Å². The third kappa shape index (κ3) is 3.73. The summed E-state index contributed by atoms with van der Waals surface area (Å²) in [6, 6.07) is 14.0. The van der Waals surface area contributed by atoms with Gasteiger partial charge in [0, 0.05) is 0 Å². The Morgan fingerprint density at radius 2 is 1.55 bits per heavy atom. The summed E-state index contributed by atoms with van der Waals surface area (Å²) >= 11 is 0. The summed E-state index contributed by atoms with van der Waals surface area (Å²) < 4.78 is 5.57. The van der Waals surface area contributed by atoms with E-state index in [1.165, 1.54) is 6.07 Å². The van der Waals surface area contributed by atoms with Crippen LogP contribution in [0.4, 0.5) is 0 Å². The van der Waals surface area contributed by atoms with Crippen molar-refractivity contribution in [1.29, 1.82) is 0 Å². The van der Waals surface area contributed by atoms with Crippen molar-refractivity contribution in [1.82, 2.24) is 4.98 Å². The number of hydrogen-bond donors (Lipinski definition) is 1. The average molecular weight is 299 g/mol. The van der Waals surface area contributed by atoms with Crippen LogP contribution in [0.15, 0.2) is 52.9 Å². The first-order chi connectivity index (χ1) is 10.8. The maximum Gasteiger partial charge on any atom is 0.336 e. The Hall–Kier alpha value is -2.62. The molecule has 116 valence electrons. The van der Waals surface area contributed by atoms with Crippen LogP contribution in [-0.2, 0) is 0 Å². The van der Waals surface area contributed by atoms with Crippen LogP contribution >= 0.6 is 0 Å². The Balaban J connectivity index is 0.000000561. The molecular weight excluding hydrogens is 278 g/mol. The zero-order valence-electron chi connectivity index (χ0n) is 13.3. The number of aromatic carboxylic acids is 1. The van der Waals surface area contributed by atoms with Crippen LogP contribution in [-0.4, -0.2) is 16.1 Å². The summed E-state index contributed by atoms with van der Waals surface area (Å²) in [5.41, 5.74) is 2.03. The second-order valence-electron chi connectivity index (χ2n) is 3.84. The van der Waals surface area contributed by atoms with Crippen molar-refractivity contribution in [3.05, 3.63) is 54.1 Å². The number of nitrogens with zero attached hydrogens (tertiary/aromatic N) is 1. The summed E-state index contributed by atoms with van der Waals surface area (Å²) in [5.74, 6) is -0.665. The summed E-state index contributed by atoms with van der Waals surface area (Å²) in [6.45, 7) is 8.00. The molecule has 0 saturated carbocycles. The van der Waals surface area contributed by atoms with Gasteiger partial charge in [0.1, 0.15) is 5.52 Å². The molecule has 0 saturated heterocycles. The number of carboxylic acid groups (broad SMARTS) is 1. The average Bonchev–Trinajstić information content (AvgIpc) is 3.02. The number of carboxylic acids is 1. The first-order valence-corrected chi connectivity index (χ1v) is 7.44. The number of benzene rings is 2. The molecule has 22 heavy (non-hydrogen) atoms. The summed E-state index contributed by atoms with van der Waals surface area (Å²) in [6.07, 6.45) is 0. The molecule has 0 radical (unpaired) electrons. The first kappa shape index (κ1) is 17.4. The van der Waals surface area contributed by atoms with Crippen LogP contribution < -0.4 is 0 Å². The van der Waals surface area contributed by atoms with E-state index in [-0.39, 0.29) is 5.56 Å². The monoisotopic (exact) mass is 299 g/mol. The van der Waals surface area contributed by atoms with Crippen molar-refractivity contribution in [2.45, 2.75) is 27.7 Å². The molecule has 0 bridgehead atoms. The van der Waals surface area contributed by atoms with E-state index < -0.39 is 5.97 Å². The molecule has 1 N–H and O–H groups in total. The number of fused-ring (bicyclic) bond motifs is 1. The van der Waals surface area contributed by atoms with Crippen LogP contribution in [0.25, 0.3) is 22.6 Å². The van der Waals surface area contributed by atoms with Crippen molar-refractivity contribution < 1.29 is 14.3 Å². The topological polar surface area (TPSA) is 63.3 Å². The highest BCUT2D eigenvalue weighted by atomic mass is 16.4. The lowest BCUT2D eigenvalue weighted by molar-refractivity contribution is 0.0697. The molecule has 3 rings (SSSR count). The number of hydrogen-bond acceptors (Lipinski definition) is 3. The minimum absolute atomic E-state index is 0.184. The van der Waals surface area contributed by atoms with Crippen molar-refractivity contribution in [3.8, 4) is 11.5 Å². The van der Waals surface area contributed by atoms with Gasteiger partial charge in [-0.3, -0.25) is 0 Å². The highest BCUT2D eigenvalue weighted by Crippen LogP contribution is 2.26. The predicted octanol–water partition coefficient (Wildman–Crippen LogP) is 5.25. The summed E-state index contributed by atoms with van der Waals surface area (Å²) in [4.78, 5) is 15.4. The Bertz CT molecular complexity index is 699. The number of para-hydroxylation sites is 2. The molecule has 2 aromatic carbocycles. The van der Waals surface area contributed by atoms with E-state index in [4.69, 9.17) is 9.52 Å². The lowest BCUT2D eigenvalue weighted by Crippen LogP contribution is -1.98. The maximum atomic E-state index is 11.1. The standard InChI is InChI=1S/C14H9NO3.2C2H6/c16-14(17)10-6-2-1-5-9(10)13-15-11-7-3-4-8-12(11)18-13;2*1-2/h1-8H,(H,16,17);2*1-2H3. The van der Waals surface area contributed by atoms with Crippen molar-refractivity contribution >= 4 is 17.1 Å². The van der Waals surface area contributed by atoms with Gasteiger partial charge in [0.05, 0.1) is 11.1 Å². The van der Waals surface area contributed by atoms with E-state index in [1.54, 1.807) is 24.3 Å². The largest absolute Gasteiger partial charge is 0.478 e. The van der Waals surface area contributed by atoms with Gasteiger partial charge in [0.25, 0.3) is 0 Å². The Kier molecular flexibility index (Phi) is 6.83. The molecule has 4 nitrogen and oxygen atoms in total. The van der Waals surface area contributed by atoms with E-state index in [9.17, 15) is 4.79 Å². The maximum absolute atomic E-state index is 11.1. The number of carbonyl (C=O) groups is 1. The SMILES string of the molecule is CC.CC.O=C(O)c1ccccc1-c1nc2ccccc2o1. The van der Waals surface area contributed by atoms with E-state index in [2.05, 4.69) is 4.98 Å². The van der Waals surface area contributed by atoms with Gasteiger partial charge in [0.2, 0.25) is 5.89 Å². The summed E-state index contributed by atoms with van der Waals surface area (Å²) in [7, 11) is 0. The molecule has 1 heterocycles. The lowest BCUT2D eigenvalue weighted by Gasteiger charge is -2.00. The normalized spacial score (nSPS) is 9.27. The van der Waals surface area contributed by atoms with Gasteiger partial charge in [-0.2, -0.15) is 0 Å². The third-order valence-electron chi connectivity index (χ3n) is 2.68. The van der Waals surface area contributed by atoms with E-state index >= 15 is 0 Å². The molecule has 0 amide bonds. The predicted molar refractivity (Wildman–Crippen MR) is 89.1 cm³/mol. The van der Waals surface area contributed by atoms with E-state index in [0.717, 1.165) is 0 Å². The van der Waals surface area contributed by atoms with Gasteiger partial charge in [0.15, 0.2) is 5.58 Å². The second kappa shape index (κ2) is 8.62. The molecule has 0 atom stereocenters. The molecule has 3 aromatic rings. The zero-order chi connectivity index (χ0) is 16.5. The Labute approximate surface area is 130 Å². The van der Waals surface area contributed by atoms with Gasteiger partial charge in [-0.1, -0.05) is 52.0 Å². The summed E-state index contributed by atoms with van der Waals surface area (Å²) in [5, 5.41) is 9.13. The van der Waals surface area contributed by atoms with Crippen LogP contribution in [0.2, 0.25) is 0 Å². The quantitative estimate of drug-likeness (QED) is 0.702. The smallest absolute Gasteiger partial charge is 0.336 e. The highest BCUT2D eigenvalue weighted by Gasteiger charge is 2.15. The molecule has 0 unspecified atom stereocenters. The number of oxazole rings is 1. The van der Waals surface area contributed by atoms with Crippen LogP contribution in [0.5, 0.6) is 0 Å². The van der Waals surface area contributed by atoms with Crippen LogP contribution in [0.3, 0.4) is 0 Å². The molecule has 1 aromatic heterocycles. The van der Waals surface area contributed by atoms with Crippen molar-refractivity contribution in [2.24, 2.45) is 0 Å². The van der Waals surface area contributed by atoms with Gasteiger partial charge in [-0.05, 0) is 24.3 Å². The molecule has 4 heteroatoms. The number of aromatic nitrogens is 1. The number of rotatable bonds is 2. The second-order valence-corrected chi connectivity index (χ2v) is 3.84. The van der Waals surface area contributed by atoms with Crippen LogP contribution in [0, 0.1) is 0 Å². The fraction of sp³-hybridized carbons (Fsp3) is 0.222.